The average Bonchev–Trinajstić information content (AvgIpc) is 3.03. The standard InChI is InChI=1S/C16H16N2O6S/c1-8(14(21)18-15-10(13(17)20)6-7-25-15)24-16(22)9-4-3-5-11(23-2)12(9)19/h3-8,19H,1-2H3,(H2,17,20)(H,18,21). The molecule has 0 spiro atoms. The van der Waals surface area contributed by atoms with Gasteiger partial charge in [0.1, 0.15) is 10.6 Å². The Balaban J connectivity index is 2.07. The highest BCUT2D eigenvalue weighted by Gasteiger charge is 2.23. The second-order valence-corrected chi connectivity index (χ2v) is 5.84. The van der Waals surface area contributed by atoms with Crippen LogP contribution in [0.3, 0.4) is 0 Å². The number of nitrogens with one attached hydrogen (secondary N) is 1. The summed E-state index contributed by atoms with van der Waals surface area (Å²) in [5.74, 6) is -2.48. The Hall–Kier alpha value is -3.07. The number of phenolic OH excluding ortho intramolecular Hbond substituents is 1. The van der Waals surface area contributed by atoms with E-state index in [-0.39, 0.29) is 27.6 Å². The SMILES string of the molecule is COc1cccc(C(=O)OC(C)C(=O)Nc2sccc2C(N)=O)c1O. The first-order valence-electron chi connectivity index (χ1n) is 7.10. The molecule has 2 rings (SSSR count). The third-order valence-corrected chi connectivity index (χ3v) is 4.09. The maximum absolute atomic E-state index is 12.1. The number of thiophene rings is 1. The zero-order valence-corrected chi connectivity index (χ0v) is 14.3. The Morgan fingerprint density at radius 1 is 1.24 bits per heavy atom. The van der Waals surface area contributed by atoms with Gasteiger partial charge in [-0.05, 0) is 30.5 Å². The van der Waals surface area contributed by atoms with Gasteiger partial charge in [0.2, 0.25) is 0 Å². The van der Waals surface area contributed by atoms with E-state index in [1.54, 1.807) is 5.38 Å². The normalized spacial score (nSPS) is 11.4. The summed E-state index contributed by atoms with van der Waals surface area (Å²) in [4.78, 5) is 35.5. The van der Waals surface area contributed by atoms with Crippen molar-refractivity contribution < 1.29 is 29.0 Å². The highest BCUT2D eigenvalue weighted by molar-refractivity contribution is 7.14. The zero-order chi connectivity index (χ0) is 18.6. The number of carbonyl (C=O) groups excluding carboxylic acids is 3. The maximum Gasteiger partial charge on any atom is 0.342 e. The first-order chi connectivity index (χ1) is 11.8. The van der Waals surface area contributed by atoms with Gasteiger partial charge in [0.25, 0.3) is 11.8 Å². The minimum atomic E-state index is -1.17. The Kier molecular flexibility index (Phi) is 5.60. The molecule has 4 N–H and O–H groups in total. The first kappa shape index (κ1) is 18.3. The molecule has 1 heterocycles. The van der Waals surface area contributed by atoms with Crippen molar-refractivity contribution in [2.24, 2.45) is 5.73 Å². The highest BCUT2D eigenvalue weighted by atomic mass is 32.1. The van der Waals surface area contributed by atoms with Crippen LogP contribution in [0.15, 0.2) is 29.6 Å². The van der Waals surface area contributed by atoms with Crippen molar-refractivity contribution in [3.63, 3.8) is 0 Å². The predicted octanol–water partition coefficient (Wildman–Crippen LogP) is 1.75. The molecule has 1 aromatic carbocycles. The van der Waals surface area contributed by atoms with Crippen LogP contribution < -0.4 is 15.8 Å². The van der Waals surface area contributed by atoms with Crippen molar-refractivity contribution in [3.05, 3.63) is 40.8 Å². The molecule has 132 valence electrons. The molecular weight excluding hydrogens is 348 g/mol. The van der Waals surface area contributed by atoms with Crippen LogP contribution in [0.2, 0.25) is 0 Å². The lowest BCUT2D eigenvalue weighted by atomic mass is 10.2. The van der Waals surface area contributed by atoms with E-state index in [2.05, 4.69) is 5.32 Å². The summed E-state index contributed by atoms with van der Waals surface area (Å²) in [6, 6.07) is 5.80. The number of aromatic hydroxyl groups is 1. The fourth-order valence-electron chi connectivity index (χ4n) is 1.94. The van der Waals surface area contributed by atoms with Crippen LogP contribution in [0.1, 0.15) is 27.6 Å². The topological polar surface area (TPSA) is 128 Å². The van der Waals surface area contributed by atoms with E-state index in [1.807, 2.05) is 0 Å². The maximum atomic E-state index is 12.1. The van der Waals surface area contributed by atoms with E-state index in [4.69, 9.17) is 15.2 Å². The molecule has 0 saturated heterocycles. The Morgan fingerprint density at radius 2 is 1.96 bits per heavy atom. The monoisotopic (exact) mass is 364 g/mol. The zero-order valence-electron chi connectivity index (χ0n) is 13.4. The number of rotatable bonds is 6. The Labute approximate surface area is 147 Å². The number of esters is 1. The number of hydrogen-bond donors (Lipinski definition) is 3. The third-order valence-electron chi connectivity index (χ3n) is 3.26. The van der Waals surface area contributed by atoms with Crippen LogP contribution in [-0.2, 0) is 9.53 Å². The van der Waals surface area contributed by atoms with Crippen molar-refractivity contribution in [1.82, 2.24) is 0 Å². The van der Waals surface area contributed by atoms with Gasteiger partial charge >= 0.3 is 5.97 Å². The quantitative estimate of drug-likeness (QED) is 0.670. The van der Waals surface area contributed by atoms with Gasteiger partial charge in [-0.1, -0.05) is 6.07 Å². The molecule has 0 aliphatic rings. The van der Waals surface area contributed by atoms with Crippen molar-refractivity contribution in [3.8, 4) is 11.5 Å². The summed E-state index contributed by atoms with van der Waals surface area (Å²) >= 11 is 1.12. The summed E-state index contributed by atoms with van der Waals surface area (Å²) < 4.78 is 9.96. The number of ether oxygens (including phenoxy) is 2. The van der Waals surface area contributed by atoms with Gasteiger partial charge in [0.15, 0.2) is 17.6 Å². The number of carbonyl (C=O) groups is 3. The van der Waals surface area contributed by atoms with E-state index in [0.717, 1.165) is 11.3 Å². The molecule has 1 aromatic heterocycles. The molecule has 1 atom stereocenters. The van der Waals surface area contributed by atoms with Crippen molar-refractivity contribution in [1.29, 1.82) is 0 Å². The minimum Gasteiger partial charge on any atom is -0.504 e. The van der Waals surface area contributed by atoms with Crippen LogP contribution in [-0.4, -0.2) is 36.1 Å². The minimum absolute atomic E-state index is 0.108. The largest absolute Gasteiger partial charge is 0.504 e. The van der Waals surface area contributed by atoms with Crippen molar-refractivity contribution in [2.75, 3.05) is 12.4 Å². The van der Waals surface area contributed by atoms with Gasteiger partial charge in [-0.2, -0.15) is 0 Å². The van der Waals surface area contributed by atoms with E-state index < -0.39 is 23.9 Å². The van der Waals surface area contributed by atoms with Crippen LogP contribution in [0.5, 0.6) is 11.5 Å². The summed E-state index contributed by atoms with van der Waals surface area (Å²) in [5.41, 5.74) is 5.24. The van der Waals surface area contributed by atoms with Gasteiger partial charge in [-0.25, -0.2) is 4.79 Å². The number of para-hydroxylation sites is 1. The van der Waals surface area contributed by atoms with Gasteiger partial charge in [-0.15, -0.1) is 11.3 Å². The Bertz CT molecular complexity index is 817. The van der Waals surface area contributed by atoms with Crippen molar-refractivity contribution >= 4 is 34.1 Å². The molecule has 0 fully saturated rings. The molecule has 2 amide bonds. The molecule has 9 heteroatoms. The molecule has 25 heavy (non-hydrogen) atoms. The van der Waals surface area contributed by atoms with Crippen LogP contribution in [0.25, 0.3) is 0 Å². The number of primary amides is 1. The highest BCUT2D eigenvalue weighted by Crippen LogP contribution is 2.30. The van der Waals surface area contributed by atoms with Crippen molar-refractivity contribution in [2.45, 2.75) is 13.0 Å². The van der Waals surface area contributed by atoms with Gasteiger partial charge < -0.3 is 25.6 Å². The summed E-state index contributed by atoms with van der Waals surface area (Å²) in [5, 5.41) is 14.3. The van der Waals surface area contributed by atoms with Gasteiger partial charge in [-0.3, -0.25) is 9.59 Å². The second-order valence-electron chi connectivity index (χ2n) is 4.92. The molecule has 8 nitrogen and oxygen atoms in total. The summed E-state index contributed by atoms with van der Waals surface area (Å²) in [7, 11) is 1.34. The molecule has 0 radical (unpaired) electrons. The number of amides is 2. The fourth-order valence-corrected chi connectivity index (χ4v) is 2.74. The van der Waals surface area contributed by atoms with Crippen LogP contribution in [0, 0.1) is 0 Å². The lowest BCUT2D eigenvalue weighted by Gasteiger charge is -2.14. The second kappa shape index (κ2) is 7.67. The summed E-state index contributed by atoms with van der Waals surface area (Å²) in [6.45, 7) is 1.36. The molecule has 0 bridgehead atoms. The first-order valence-corrected chi connectivity index (χ1v) is 7.98. The average molecular weight is 364 g/mol. The Morgan fingerprint density at radius 3 is 2.60 bits per heavy atom. The number of benzene rings is 1. The number of nitrogens with two attached hydrogens (primary N) is 1. The molecule has 0 aliphatic carbocycles. The molecular formula is C16H16N2O6S. The fraction of sp³-hybridized carbons (Fsp3) is 0.188. The van der Waals surface area contributed by atoms with Gasteiger partial charge in [0.05, 0.1) is 12.7 Å². The molecule has 0 aliphatic heterocycles. The number of phenols is 1. The lowest BCUT2D eigenvalue weighted by molar-refractivity contribution is -0.123. The van der Waals surface area contributed by atoms with E-state index in [1.165, 1.54) is 38.3 Å². The lowest BCUT2D eigenvalue weighted by Crippen LogP contribution is -2.30. The summed E-state index contributed by atoms with van der Waals surface area (Å²) in [6.07, 6.45) is -1.17. The van der Waals surface area contributed by atoms with Crippen LogP contribution >= 0.6 is 11.3 Å². The van der Waals surface area contributed by atoms with E-state index in [9.17, 15) is 19.5 Å². The molecule has 0 saturated carbocycles. The number of methoxy groups -OCH3 is 1. The van der Waals surface area contributed by atoms with E-state index in [0.29, 0.717) is 0 Å². The third kappa shape index (κ3) is 4.07. The smallest absolute Gasteiger partial charge is 0.342 e. The van der Waals surface area contributed by atoms with Gasteiger partial charge in [0, 0.05) is 0 Å². The number of anilines is 1. The molecule has 1 unspecified atom stereocenters. The molecule has 2 aromatic rings. The number of hydrogen-bond acceptors (Lipinski definition) is 7. The predicted molar refractivity (Wildman–Crippen MR) is 91.0 cm³/mol. The van der Waals surface area contributed by atoms with Crippen LogP contribution in [0.4, 0.5) is 5.00 Å². The van der Waals surface area contributed by atoms with E-state index >= 15 is 0 Å².